The van der Waals surface area contributed by atoms with Crippen molar-refractivity contribution in [2.75, 3.05) is 11.9 Å². The van der Waals surface area contributed by atoms with E-state index in [9.17, 15) is 18.8 Å². The molecule has 1 aliphatic rings. The fourth-order valence-corrected chi connectivity index (χ4v) is 3.24. The van der Waals surface area contributed by atoms with E-state index in [0.717, 1.165) is 16.7 Å². The van der Waals surface area contributed by atoms with Gasteiger partial charge in [0.25, 0.3) is 11.1 Å². The molecule has 132 valence electrons. The summed E-state index contributed by atoms with van der Waals surface area (Å²) in [6, 6.07) is 14.9. The molecule has 1 aliphatic heterocycles. The fraction of sp³-hybridized carbons (Fsp3) is 0.105. The van der Waals surface area contributed by atoms with Gasteiger partial charge in [0.05, 0.1) is 4.91 Å². The maximum Gasteiger partial charge on any atom is 0.293 e. The number of nitrogens with zero attached hydrogens (tertiary/aromatic N) is 1. The molecule has 2 aromatic carbocycles. The molecule has 0 atom stereocenters. The standard InChI is InChI=1S/C19H15FN2O3S/c20-15-9-5-4-6-13(15)12-16-18(24)22(19(25)26-16)11-10-17(23)21-14-7-2-1-3-8-14/h1-9,12H,10-11H2,(H,21,23)/b16-12-. The van der Waals surface area contributed by atoms with Crippen LogP contribution in [0.1, 0.15) is 12.0 Å². The lowest BCUT2D eigenvalue weighted by Crippen LogP contribution is -2.31. The van der Waals surface area contributed by atoms with Gasteiger partial charge >= 0.3 is 0 Å². The molecule has 0 spiro atoms. The van der Waals surface area contributed by atoms with Crippen molar-refractivity contribution in [3.8, 4) is 0 Å². The van der Waals surface area contributed by atoms with Gasteiger partial charge in [-0.2, -0.15) is 0 Å². The van der Waals surface area contributed by atoms with Gasteiger partial charge in [-0.05, 0) is 36.0 Å². The van der Waals surface area contributed by atoms with E-state index in [1.54, 1.807) is 36.4 Å². The molecule has 5 nitrogen and oxygen atoms in total. The van der Waals surface area contributed by atoms with Crippen LogP contribution in [0, 0.1) is 5.82 Å². The number of halogens is 1. The lowest BCUT2D eigenvalue weighted by Gasteiger charge is -2.12. The molecular formula is C19H15FN2O3S. The molecule has 7 heteroatoms. The fourth-order valence-electron chi connectivity index (χ4n) is 2.38. The Labute approximate surface area is 153 Å². The molecule has 3 rings (SSSR count). The van der Waals surface area contributed by atoms with Crippen LogP contribution < -0.4 is 5.32 Å². The third-order valence-corrected chi connectivity index (χ3v) is 4.59. The first-order chi connectivity index (χ1) is 12.5. The van der Waals surface area contributed by atoms with Gasteiger partial charge in [0.1, 0.15) is 5.82 Å². The Bertz CT molecular complexity index is 883. The predicted molar refractivity (Wildman–Crippen MR) is 98.8 cm³/mol. The van der Waals surface area contributed by atoms with Crippen LogP contribution in [0.15, 0.2) is 59.5 Å². The van der Waals surface area contributed by atoms with Crippen LogP contribution in [0.25, 0.3) is 6.08 Å². The zero-order chi connectivity index (χ0) is 18.5. The zero-order valence-electron chi connectivity index (χ0n) is 13.6. The highest BCUT2D eigenvalue weighted by atomic mass is 32.2. The van der Waals surface area contributed by atoms with E-state index in [1.165, 1.54) is 18.2 Å². The molecule has 0 saturated carbocycles. The summed E-state index contributed by atoms with van der Waals surface area (Å²) in [5.41, 5.74) is 0.880. The third kappa shape index (κ3) is 4.18. The summed E-state index contributed by atoms with van der Waals surface area (Å²) in [6.45, 7) is -0.0298. The summed E-state index contributed by atoms with van der Waals surface area (Å²) in [5, 5.41) is 2.23. The van der Waals surface area contributed by atoms with Crippen molar-refractivity contribution >= 4 is 40.6 Å². The van der Waals surface area contributed by atoms with Gasteiger partial charge in [0.15, 0.2) is 0 Å². The van der Waals surface area contributed by atoms with Crippen LogP contribution in [0.3, 0.4) is 0 Å². The van der Waals surface area contributed by atoms with E-state index < -0.39 is 17.0 Å². The van der Waals surface area contributed by atoms with Gasteiger partial charge in [-0.3, -0.25) is 19.3 Å². The van der Waals surface area contributed by atoms with E-state index in [-0.39, 0.29) is 29.3 Å². The number of amides is 3. The first kappa shape index (κ1) is 17.9. The second kappa shape index (κ2) is 7.97. The van der Waals surface area contributed by atoms with Gasteiger partial charge in [0, 0.05) is 24.2 Å². The van der Waals surface area contributed by atoms with Crippen molar-refractivity contribution in [2.24, 2.45) is 0 Å². The molecule has 2 aromatic rings. The molecule has 0 radical (unpaired) electrons. The number of hydrogen-bond acceptors (Lipinski definition) is 4. The maximum absolute atomic E-state index is 13.7. The number of anilines is 1. The van der Waals surface area contributed by atoms with Gasteiger partial charge in [0.2, 0.25) is 5.91 Å². The second-order valence-electron chi connectivity index (χ2n) is 5.52. The van der Waals surface area contributed by atoms with E-state index in [2.05, 4.69) is 5.32 Å². The lowest BCUT2D eigenvalue weighted by atomic mass is 10.2. The normalized spacial score (nSPS) is 15.6. The molecule has 1 heterocycles. The van der Waals surface area contributed by atoms with Gasteiger partial charge in [-0.1, -0.05) is 36.4 Å². The molecule has 1 saturated heterocycles. The van der Waals surface area contributed by atoms with Gasteiger partial charge in [-0.25, -0.2) is 4.39 Å². The maximum atomic E-state index is 13.7. The number of rotatable bonds is 5. The molecule has 26 heavy (non-hydrogen) atoms. The monoisotopic (exact) mass is 370 g/mol. The Balaban J connectivity index is 1.62. The average molecular weight is 370 g/mol. The Morgan fingerprint density at radius 2 is 1.77 bits per heavy atom. The first-order valence-corrected chi connectivity index (χ1v) is 8.71. The minimum atomic E-state index is -0.518. The van der Waals surface area contributed by atoms with E-state index >= 15 is 0 Å². The molecule has 3 amide bonds. The Morgan fingerprint density at radius 3 is 2.50 bits per heavy atom. The zero-order valence-corrected chi connectivity index (χ0v) is 14.5. The number of benzene rings is 2. The highest BCUT2D eigenvalue weighted by molar-refractivity contribution is 8.18. The number of carbonyl (C=O) groups is 3. The number of nitrogens with one attached hydrogen (secondary N) is 1. The van der Waals surface area contributed by atoms with Crippen molar-refractivity contribution < 1.29 is 18.8 Å². The summed E-state index contributed by atoms with van der Waals surface area (Å²) >= 11 is 0.741. The molecule has 1 N–H and O–H groups in total. The van der Waals surface area contributed by atoms with Crippen molar-refractivity contribution in [1.29, 1.82) is 0 Å². The quantitative estimate of drug-likeness (QED) is 0.811. The van der Waals surface area contributed by atoms with Gasteiger partial charge < -0.3 is 5.32 Å². The van der Waals surface area contributed by atoms with Crippen LogP contribution in [0.2, 0.25) is 0 Å². The van der Waals surface area contributed by atoms with E-state index in [0.29, 0.717) is 5.69 Å². The Morgan fingerprint density at radius 1 is 1.08 bits per heavy atom. The summed E-state index contributed by atoms with van der Waals surface area (Å²) in [7, 11) is 0. The lowest BCUT2D eigenvalue weighted by molar-refractivity contribution is -0.123. The molecular weight excluding hydrogens is 355 g/mol. The summed E-state index contributed by atoms with van der Waals surface area (Å²) in [5.74, 6) is -1.29. The topological polar surface area (TPSA) is 66.5 Å². The molecule has 0 unspecified atom stereocenters. The average Bonchev–Trinajstić information content (AvgIpc) is 2.89. The van der Waals surface area contributed by atoms with Crippen LogP contribution >= 0.6 is 11.8 Å². The highest BCUT2D eigenvalue weighted by Gasteiger charge is 2.35. The Hall–Kier alpha value is -2.93. The number of thioether (sulfide) groups is 1. The van der Waals surface area contributed by atoms with E-state index in [1.807, 2.05) is 6.07 Å². The summed E-state index contributed by atoms with van der Waals surface area (Å²) in [6.07, 6.45) is 1.34. The SMILES string of the molecule is O=C(CCN1C(=O)S/C(=C\c2ccccc2F)C1=O)Nc1ccccc1. The highest BCUT2D eigenvalue weighted by Crippen LogP contribution is 2.32. The van der Waals surface area contributed by atoms with Crippen LogP contribution in [0.4, 0.5) is 14.9 Å². The molecule has 1 fully saturated rings. The third-order valence-electron chi connectivity index (χ3n) is 3.69. The number of hydrogen-bond donors (Lipinski definition) is 1. The first-order valence-electron chi connectivity index (χ1n) is 7.89. The van der Waals surface area contributed by atoms with E-state index in [4.69, 9.17) is 0 Å². The second-order valence-corrected chi connectivity index (χ2v) is 6.51. The molecule has 0 aliphatic carbocycles. The summed E-state index contributed by atoms with van der Waals surface area (Å²) < 4.78 is 13.7. The Kier molecular flexibility index (Phi) is 5.48. The van der Waals surface area contributed by atoms with Crippen molar-refractivity contribution in [3.63, 3.8) is 0 Å². The minimum Gasteiger partial charge on any atom is -0.326 e. The van der Waals surface area contributed by atoms with Crippen molar-refractivity contribution in [3.05, 3.63) is 70.9 Å². The molecule has 0 aromatic heterocycles. The predicted octanol–water partition coefficient (Wildman–Crippen LogP) is 3.89. The minimum absolute atomic E-state index is 0.0140. The van der Waals surface area contributed by atoms with Gasteiger partial charge in [-0.15, -0.1) is 0 Å². The molecule has 0 bridgehead atoms. The van der Waals surface area contributed by atoms with Crippen LogP contribution in [-0.4, -0.2) is 28.5 Å². The largest absolute Gasteiger partial charge is 0.326 e. The van der Waals surface area contributed by atoms with Crippen molar-refractivity contribution in [2.45, 2.75) is 6.42 Å². The van der Waals surface area contributed by atoms with Crippen LogP contribution in [0.5, 0.6) is 0 Å². The van der Waals surface area contributed by atoms with Crippen molar-refractivity contribution in [1.82, 2.24) is 4.90 Å². The summed E-state index contributed by atoms with van der Waals surface area (Å²) in [4.78, 5) is 37.5. The van der Waals surface area contributed by atoms with Crippen LogP contribution in [-0.2, 0) is 9.59 Å². The number of para-hydroxylation sites is 1. The number of carbonyl (C=O) groups excluding carboxylic acids is 3. The number of imide groups is 1. The smallest absolute Gasteiger partial charge is 0.293 e.